The number of rotatable bonds is 7. The van der Waals surface area contributed by atoms with E-state index in [-0.39, 0.29) is 18.0 Å². The van der Waals surface area contributed by atoms with Gasteiger partial charge in [0.05, 0.1) is 30.1 Å². The fourth-order valence-electron chi connectivity index (χ4n) is 5.20. The summed E-state index contributed by atoms with van der Waals surface area (Å²) in [6.07, 6.45) is 3.21. The summed E-state index contributed by atoms with van der Waals surface area (Å²) in [6, 6.07) is 9.91. The molecule has 4 heterocycles. The molecular weight excluding hydrogens is 468 g/mol. The van der Waals surface area contributed by atoms with Gasteiger partial charge in [0.15, 0.2) is 22.8 Å². The molecule has 194 valence electrons. The number of aromatic amines is 1. The normalized spacial score (nSPS) is 16.1. The van der Waals surface area contributed by atoms with Gasteiger partial charge in [0, 0.05) is 19.2 Å². The lowest BCUT2D eigenvalue weighted by molar-refractivity contribution is 0.135. The van der Waals surface area contributed by atoms with Gasteiger partial charge in [0.2, 0.25) is 0 Å². The maximum Gasteiger partial charge on any atom is 0.318 e. The molecule has 0 radical (unpaired) electrons. The molecule has 1 aliphatic rings. The van der Waals surface area contributed by atoms with Crippen molar-refractivity contribution in [2.24, 2.45) is 13.0 Å². The topological polar surface area (TPSA) is 120 Å². The van der Waals surface area contributed by atoms with Gasteiger partial charge in [0.25, 0.3) is 0 Å². The van der Waals surface area contributed by atoms with Gasteiger partial charge >= 0.3 is 6.03 Å². The highest BCUT2D eigenvalue weighted by Crippen LogP contribution is 2.41. The van der Waals surface area contributed by atoms with Crippen LogP contribution in [0, 0.1) is 5.92 Å². The van der Waals surface area contributed by atoms with Crippen molar-refractivity contribution < 1.29 is 4.79 Å². The molecule has 0 saturated heterocycles. The van der Waals surface area contributed by atoms with E-state index in [9.17, 15) is 4.79 Å². The molecule has 37 heavy (non-hydrogen) atoms. The van der Waals surface area contributed by atoms with Gasteiger partial charge in [0.1, 0.15) is 6.33 Å². The van der Waals surface area contributed by atoms with E-state index in [1.807, 2.05) is 62.7 Å². The molecule has 0 saturated carbocycles. The predicted molar refractivity (Wildman–Crippen MR) is 142 cm³/mol. The van der Waals surface area contributed by atoms with Crippen molar-refractivity contribution in [3.63, 3.8) is 0 Å². The Morgan fingerprint density at radius 2 is 1.92 bits per heavy atom. The first-order valence-electron chi connectivity index (χ1n) is 12.4. The average Bonchev–Trinajstić information content (AvgIpc) is 3.52. The van der Waals surface area contributed by atoms with Gasteiger partial charge in [-0.3, -0.25) is 5.10 Å². The van der Waals surface area contributed by atoms with Crippen molar-refractivity contribution in [2.45, 2.75) is 38.9 Å². The fourth-order valence-corrected chi connectivity index (χ4v) is 5.20. The minimum Gasteiger partial charge on any atom is -0.331 e. The molecule has 0 unspecified atom stereocenters. The number of carbonyl (C=O) groups excluding carboxylic acids is 1. The van der Waals surface area contributed by atoms with Gasteiger partial charge in [-0.2, -0.15) is 5.10 Å². The summed E-state index contributed by atoms with van der Waals surface area (Å²) in [5.41, 5.74) is 3.73. The number of amides is 2. The van der Waals surface area contributed by atoms with Crippen LogP contribution in [0.2, 0.25) is 0 Å². The Balaban J connectivity index is 1.39. The molecule has 2 atom stereocenters. The molecule has 0 aliphatic carbocycles. The van der Waals surface area contributed by atoms with Gasteiger partial charge in [-0.25, -0.2) is 19.7 Å². The first kappa shape index (κ1) is 24.7. The number of carbonyl (C=O) groups is 1. The number of urea groups is 1. The monoisotopic (exact) mass is 502 g/mol. The highest BCUT2D eigenvalue weighted by atomic mass is 16.2. The number of fused-ring (bicyclic) bond motifs is 2. The van der Waals surface area contributed by atoms with E-state index in [1.165, 1.54) is 6.33 Å². The number of hydrogen-bond acceptors (Lipinski definition) is 7. The molecule has 0 fully saturated rings. The first-order valence-corrected chi connectivity index (χ1v) is 12.4. The summed E-state index contributed by atoms with van der Waals surface area (Å²) in [5.74, 6) is 1.41. The van der Waals surface area contributed by atoms with E-state index in [2.05, 4.69) is 59.7 Å². The lowest BCUT2D eigenvalue weighted by Crippen LogP contribution is -2.48. The smallest absolute Gasteiger partial charge is 0.318 e. The van der Waals surface area contributed by atoms with Crippen LogP contribution in [0.5, 0.6) is 0 Å². The second kappa shape index (κ2) is 9.47. The van der Waals surface area contributed by atoms with Crippen LogP contribution in [-0.4, -0.2) is 66.2 Å². The van der Waals surface area contributed by atoms with Crippen LogP contribution >= 0.6 is 0 Å². The number of H-pyrrole nitrogens is 1. The zero-order valence-corrected chi connectivity index (χ0v) is 22.1. The quantitative estimate of drug-likeness (QED) is 0.354. The Morgan fingerprint density at radius 1 is 1.16 bits per heavy atom. The molecule has 1 aromatic carbocycles. The number of anilines is 2. The largest absolute Gasteiger partial charge is 0.331 e. The molecule has 3 N–H and O–H groups in total. The summed E-state index contributed by atoms with van der Waals surface area (Å²) >= 11 is 0. The van der Waals surface area contributed by atoms with Gasteiger partial charge in [-0.05, 0) is 39.4 Å². The van der Waals surface area contributed by atoms with E-state index in [0.29, 0.717) is 23.7 Å². The van der Waals surface area contributed by atoms with Gasteiger partial charge in [-0.1, -0.05) is 37.3 Å². The molecule has 4 aromatic rings. The molecule has 0 bridgehead atoms. The van der Waals surface area contributed by atoms with Gasteiger partial charge < -0.3 is 25.0 Å². The average molecular weight is 503 g/mol. The second-order valence-corrected chi connectivity index (χ2v) is 10.5. The predicted octanol–water partition coefficient (Wildman–Crippen LogP) is 3.53. The van der Waals surface area contributed by atoms with Crippen molar-refractivity contribution in [1.29, 1.82) is 0 Å². The van der Waals surface area contributed by atoms with Crippen molar-refractivity contribution in [2.75, 3.05) is 26.0 Å². The molecule has 2 amide bonds. The number of benzene rings is 1. The standard InChI is InChI=1S/C26H34N10O/c1-16(12-34(4)5)19(17-10-8-7-9-11-17)30-25(37)36-13-18-21(26(36,2)3)32-33-22(18)31-23-20-24(28-14-27-23)35(6)15-29-20/h7-11,14-16,19H,12-13H2,1-6H3,(H,30,37)(H2,27,28,31,32,33)/t16-,19-/m1/s1. The molecule has 5 rings (SSSR count). The summed E-state index contributed by atoms with van der Waals surface area (Å²) < 4.78 is 1.84. The summed E-state index contributed by atoms with van der Waals surface area (Å²) in [5, 5.41) is 14.3. The molecule has 11 heteroatoms. The number of imidazole rings is 1. The second-order valence-electron chi connectivity index (χ2n) is 10.5. The molecule has 3 aromatic heterocycles. The highest BCUT2D eigenvalue weighted by molar-refractivity contribution is 5.85. The minimum atomic E-state index is -0.579. The maximum atomic E-state index is 13.8. The Morgan fingerprint density at radius 3 is 2.65 bits per heavy atom. The van der Waals surface area contributed by atoms with Crippen molar-refractivity contribution in [3.05, 3.63) is 59.8 Å². The molecule has 0 spiro atoms. The highest BCUT2D eigenvalue weighted by Gasteiger charge is 2.44. The summed E-state index contributed by atoms with van der Waals surface area (Å²) in [6.45, 7) is 7.49. The van der Waals surface area contributed by atoms with E-state index in [0.717, 1.165) is 29.0 Å². The number of nitrogens with one attached hydrogen (secondary N) is 3. The van der Waals surface area contributed by atoms with Gasteiger partial charge in [-0.15, -0.1) is 0 Å². The van der Waals surface area contributed by atoms with Crippen molar-refractivity contribution in [1.82, 2.24) is 44.8 Å². The SMILES string of the molecule is C[C@H](CN(C)C)[C@@H](NC(=O)N1Cc2c(Nc3ncnc4c3ncn4C)n[nH]c2C1(C)C)c1ccccc1. The van der Waals surface area contributed by atoms with Crippen LogP contribution in [0.1, 0.15) is 43.6 Å². The lowest BCUT2D eigenvalue weighted by Gasteiger charge is -2.35. The summed E-state index contributed by atoms with van der Waals surface area (Å²) in [7, 11) is 5.99. The van der Waals surface area contributed by atoms with Crippen LogP contribution in [0.25, 0.3) is 11.2 Å². The third-order valence-corrected chi connectivity index (χ3v) is 7.11. The van der Waals surface area contributed by atoms with Crippen LogP contribution in [0.3, 0.4) is 0 Å². The number of nitrogens with zero attached hydrogens (tertiary/aromatic N) is 7. The van der Waals surface area contributed by atoms with Crippen LogP contribution in [0.4, 0.5) is 16.4 Å². The summed E-state index contributed by atoms with van der Waals surface area (Å²) in [4.78, 5) is 30.9. The zero-order valence-electron chi connectivity index (χ0n) is 22.1. The number of aromatic nitrogens is 6. The van der Waals surface area contributed by atoms with E-state index in [1.54, 1.807) is 6.33 Å². The fraction of sp³-hybridized carbons (Fsp3) is 0.423. The lowest BCUT2D eigenvalue weighted by atomic mass is 9.94. The molecule has 1 aliphatic heterocycles. The Kier molecular flexibility index (Phi) is 6.32. The Labute approximate surface area is 216 Å². The van der Waals surface area contributed by atoms with Crippen molar-refractivity contribution in [3.8, 4) is 0 Å². The van der Waals surface area contributed by atoms with E-state index < -0.39 is 5.54 Å². The Hall–Kier alpha value is -3.99. The van der Waals surface area contributed by atoms with Crippen LogP contribution < -0.4 is 10.6 Å². The zero-order chi connectivity index (χ0) is 26.3. The molecular formula is C26H34N10O. The van der Waals surface area contributed by atoms with E-state index >= 15 is 0 Å². The van der Waals surface area contributed by atoms with Crippen LogP contribution in [0.15, 0.2) is 43.0 Å². The third kappa shape index (κ3) is 4.50. The number of aryl methyl sites for hydroxylation is 1. The maximum absolute atomic E-state index is 13.8. The van der Waals surface area contributed by atoms with E-state index in [4.69, 9.17) is 0 Å². The van der Waals surface area contributed by atoms with Crippen LogP contribution in [-0.2, 0) is 19.1 Å². The molecule has 11 nitrogen and oxygen atoms in total. The van der Waals surface area contributed by atoms with Crippen molar-refractivity contribution >= 4 is 28.8 Å². The Bertz CT molecular complexity index is 1410. The number of hydrogen-bond donors (Lipinski definition) is 3. The minimum absolute atomic E-state index is 0.117. The third-order valence-electron chi connectivity index (χ3n) is 7.11. The first-order chi connectivity index (χ1) is 17.7.